The molecule has 0 saturated heterocycles. The minimum atomic E-state index is -0.444. The van der Waals surface area contributed by atoms with Gasteiger partial charge in [-0.1, -0.05) is 29.7 Å². The highest BCUT2D eigenvalue weighted by Gasteiger charge is 2.29. The fourth-order valence-corrected chi connectivity index (χ4v) is 2.80. The second kappa shape index (κ2) is 6.93. The maximum atomic E-state index is 13.2. The largest absolute Gasteiger partial charge is 0.332 e. The number of hydrogen-bond acceptors (Lipinski definition) is 2. The summed E-state index contributed by atoms with van der Waals surface area (Å²) in [5.74, 6) is -1.36. The Labute approximate surface area is 146 Å². The van der Waals surface area contributed by atoms with Crippen LogP contribution in [-0.4, -0.2) is 19.7 Å². The monoisotopic (exact) mass is 334 g/mol. The first-order chi connectivity index (χ1) is 11.9. The molecular weight excluding hydrogens is 318 g/mol. The average molecular weight is 334 g/mol. The zero-order valence-corrected chi connectivity index (χ0v) is 13.7. The van der Waals surface area contributed by atoms with Crippen LogP contribution in [0.5, 0.6) is 0 Å². The molecule has 2 aromatic carbocycles. The third-order valence-electron chi connectivity index (χ3n) is 4.15. The van der Waals surface area contributed by atoms with E-state index in [0.717, 1.165) is 5.56 Å². The Hall–Kier alpha value is -2.89. The Morgan fingerprint density at radius 2 is 1.96 bits per heavy atom. The number of hydrogen-bond donors (Lipinski definition) is 2. The number of carbonyl (C=O) groups excluding carboxylic acids is 2. The summed E-state index contributed by atoms with van der Waals surface area (Å²) >= 11 is 0. The van der Waals surface area contributed by atoms with Crippen molar-refractivity contribution in [2.24, 2.45) is 0 Å². The van der Waals surface area contributed by atoms with Crippen LogP contribution in [0.2, 0.25) is 0 Å². The summed E-state index contributed by atoms with van der Waals surface area (Å²) in [4.78, 5) is 24.5. The van der Waals surface area contributed by atoms with Crippen LogP contribution in [0.15, 0.2) is 54.2 Å². The van der Waals surface area contributed by atoms with E-state index >= 15 is 0 Å². The summed E-state index contributed by atoms with van der Waals surface area (Å²) < 4.78 is 13.2. The summed E-state index contributed by atoms with van der Waals surface area (Å²) in [6.45, 7) is 1.90. The van der Waals surface area contributed by atoms with Gasteiger partial charge in [0.25, 0.3) is 5.91 Å². The van der Waals surface area contributed by atoms with Crippen molar-refractivity contribution in [2.75, 3.05) is 5.32 Å². The number of carbonyl (C=O) groups is 2. The van der Waals surface area contributed by atoms with E-state index in [1.54, 1.807) is 24.3 Å². The molecule has 2 amide bonds. The SMILES string of the molecule is [B]c1ccc(C)cc1NC(=O)C1=CNC(=O)CC1c1ccc(F)cc1. The summed E-state index contributed by atoms with van der Waals surface area (Å²) in [7, 11) is 5.91. The van der Waals surface area contributed by atoms with Crippen LogP contribution in [-0.2, 0) is 9.59 Å². The smallest absolute Gasteiger partial charge is 0.253 e. The minimum Gasteiger partial charge on any atom is -0.332 e. The minimum absolute atomic E-state index is 0.119. The van der Waals surface area contributed by atoms with E-state index in [-0.39, 0.29) is 24.1 Å². The van der Waals surface area contributed by atoms with Crippen LogP contribution in [0, 0.1) is 12.7 Å². The van der Waals surface area contributed by atoms with Gasteiger partial charge in [0.05, 0.1) is 0 Å². The summed E-state index contributed by atoms with van der Waals surface area (Å²) in [6, 6.07) is 11.2. The molecule has 1 atom stereocenters. The fraction of sp³-hybridized carbons (Fsp3) is 0.158. The summed E-state index contributed by atoms with van der Waals surface area (Å²) in [5, 5.41) is 5.36. The zero-order chi connectivity index (χ0) is 18.0. The van der Waals surface area contributed by atoms with Crippen LogP contribution in [0.1, 0.15) is 23.5 Å². The lowest BCUT2D eigenvalue weighted by atomic mass is 9.85. The molecule has 0 spiro atoms. The molecule has 0 bridgehead atoms. The Bertz CT molecular complexity index is 862. The second-order valence-corrected chi connectivity index (χ2v) is 6.02. The van der Waals surface area contributed by atoms with E-state index in [1.165, 1.54) is 18.3 Å². The van der Waals surface area contributed by atoms with E-state index in [2.05, 4.69) is 10.6 Å². The molecule has 0 saturated carbocycles. The molecule has 2 aromatic rings. The molecule has 2 N–H and O–H groups in total. The van der Waals surface area contributed by atoms with Gasteiger partial charge in [-0.15, -0.1) is 0 Å². The lowest BCUT2D eigenvalue weighted by Gasteiger charge is -2.24. The van der Waals surface area contributed by atoms with Crippen LogP contribution in [0.4, 0.5) is 10.1 Å². The maximum Gasteiger partial charge on any atom is 0.253 e. The van der Waals surface area contributed by atoms with Crippen LogP contribution in [0.25, 0.3) is 0 Å². The predicted octanol–water partition coefficient (Wildman–Crippen LogP) is 2.05. The molecular formula is C19H16BFN2O2. The Kier molecular flexibility index (Phi) is 4.70. The summed E-state index contributed by atoms with van der Waals surface area (Å²) in [6.07, 6.45) is 1.52. The molecule has 0 fully saturated rings. The Morgan fingerprint density at radius 1 is 1.24 bits per heavy atom. The number of rotatable bonds is 3. The standard InChI is InChI=1S/C19H16BFN2O2/c1-11-2-7-16(20)17(8-11)23-19(25)15-10-22-18(24)9-14(15)12-3-5-13(21)6-4-12/h2-8,10,14H,9H2,1H3,(H,22,24)(H,23,25). The lowest BCUT2D eigenvalue weighted by molar-refractivity contribution is -0.121. The molecule has 1 aliphatic rings. The normalized spacial score (nSPS) is 16.8. The van der Waals surface area contributed by atoms with Crippen molar-refractivity contribution in [1.29, 1.82) is 0 Å². The van der Waals surface area contributed by atoms with Gasteiger partial charge in [0.2, 0.25) is 5.91 Å². The molecule has 1 aliphatic heterocycles. The van der Waals surface area contributed by atoms with Crippen molar-refractivity contribution in [2.45, 2.75) is 19.3 Å². The number of aryl methyl sites for hydroxylation is 1. The molecule has 1 unspecified atom stereocenters. The molecule has 0 aromatic heterocycles. The van der Waals surface area contributed by atoms with Crippen molar-refractivity contribution in [3.05, 3.63) is 71.2 Å². The quantitative estimate of drug-likeness (QED) is 0.844. The van der Waals surface area contributed by atoms with Crippen LogP contribution in [0.3, 0.4) is 0 Å². The average Bonchev–Trinajstić information content (AvgIpc) is 2.58. The molecule has 25 heavy (non-hydrogen) atoms. The third kappa shape index (κ3) is 3.79. The van der Waals surface area contributed by atoms with Gasteiger partial charge in [0, 0.05) is 29.8 Å². The van der Waals surface area contributed by atoms with Crippen LogP contribution >= 0.6 is 0 Å². The number of benzene rings is 2. The predicted molar refractivity (Wildman–Crippen MR) is 95.2 cm³/mol. The van der Waals surface area contributed by atoms with Gasteiger partial charge < -0.3 is 10.6 Å². The van der Waals surface area contributed by atoms with Crippen molar-refractivity contribution in [1.82, 2.24) is 5.32 Å². The first kappa shape index (κ1) is 17.0. The first-order valence-electron chi connectivity index (χ1n) is 7.86. The van der Waals surface area contributed by atoms with Crippen molar-refractivity contribution >= 4 is 30.8 Å². The van der Waals surface area contributed by atoms with E-state index in [4.69, 9.17) is 7.85 Å². The Balaban J connectivity index is 1.89. The Morgan fingerprint density at radius 3 is 2.68 bits per heavy atom. The van der Waals surface area contributed by atoms with E-state index < -0.39 is 5.92 Å². The highest BCUT2D eigenvalue weighted by atomic mass is 19.1. The zero-order valence-electron chi connectivity index (χ0n) is 13.7. The van der Waals surface area contributed by atoms with Crippen molar-refractivity contribution < 1.29 is 14.0 Å². The summed E-state index contributed by atoms with van der Waals surface area (Å²) in [5.41, 5.74) is 3.03. The number of amides is 2. The van der Waals surface area contributed by atoms with Gasteiger partial charge in [0.1, 0.15) is 13.7 Å². The van der Waals surface area contributed by atoms with E-state index in [0.29, 0.717) is 22.3 Å². The number of halogens is 1. The fourth-order valence-electron chi connectivity index (χ4n) is 2.80. The highest BCUT2D eigenvalue weighted by Crippen LogP contribution is 2.31. The second-order valence-electron chi connectivity index (χ2n) is 6.02. The maximum absolute atomic E-state index is 13.2. The van der Waals surface area contributed by atoms with Gasteiger partial charge in [-0.3, -0.25) is 9.59 Å². The van der Waals surface area contributed by atoms with Gasteiger partial charge >= 0.3 is 0 Å². The third-order valence-corrected chi connectivity index (χ3v) is 4.15. The van der Waals surface area contributed by atoms with Crippen molar-refractivity contribution in [3.8, 4) is 0 Å². The van der Waals surface area contributed by atoms with Gasteiger partial charge in [-0.05, 0) is 36.2 Å². The van der Waals surface area contributed by atoms with Crippen LogP contribution < -0.4 is 16.1 Å². The first-order valence-corrected chi connectivity index (χ1v) is 7.86. The molecule has 1 heterocycles. The molecule has 0 aliphatic carbocycles. The lowest BCUT2D eigenvalue weighted by Crippen LogP contribution is -2.32. The van der Waals surface area contributed by atoms with Gasteiger partial charge in [0.15, 0.2) is 0 Å². The molecule has 6 heteroatoms. The molecule has 4 nitrogen and oxygen atoms in total. The van der Waals surface area contributed by atoms with Crippen molar-refractivity contribution in [3.63, 3.8) is 0 Å². The van der Waals surface area contributed by atoms with Gasteiger partial charge in [-0.2, -0.15) is 0 Å². The topological polar surface area (TPSA) is 58.2 Å². The highest BCUT2D eigenvalue weighted by molar-refractivity contribution is 6.36. The molecule has 124 valence electrons. The molecule has 3 rings (SSSR count). The number of anilines is 1. The van der Waals surface area contributed by atoms with E-state index in [1.807, 2.05) is 13.0 Å². The molecule has 2 radical (unpaired) electrons. The van der Waals surface area contributed by atoms with E-state index in [9.17, 15) is 14.0 Å². The number of nitrogens with one attached hydrogen (secondary N) is 2. The van der Waals surface area contributed by atoms with Gasteiger partial charge in [-0.25, -0.2) is 4.39 Å².